The van der Waals surface area contributed by atoms with Crippen LogP contribution in [0.4, 0.5) is 5.82 Å². The lowest BCUT2D eigenvalue weighted by Crippen LogP contribution is -2.37. The number of hydrogen-bond acceptors (Lipinski definition) is 5. The highest BCUT2D eigenvalue weighted by atomic mass is 16.5. The van der Waals surface area contributed by atoms with E-state index in [1.165, 1.54) is 11.3 Å². The first-order valence-electron chi connectivity index (χ1n) is 9.15. The Balaban J connectivity index is 1.64. The van der Waals surface area contributed by atoms with E-state index in [0.717, 1.165) is 24.9 Å². The van der Waals surface area contributed by atoms with Crippen molar-refractivity contribution < 1.29 is 9.32 Å². The fourth-order valence-corrected chi connectivity index (χ4v) is 3.71. The highest BCUT2D eigenvalue weighted by Gasteiger charge is 2.30. The molecule has 1 aromatic carbocycles. The number of amides is 1. The number of carbonyl (C=O) groups excluding carboxylic acids is 1. The minimum absolute atomic E-state index is 0.109. The van der Waals surface area contributed by atoms with E-state index in [1.807, 2.05) is 48.3 Å². The molecule has 27 heavy (non-hydrogen) atoms. The number of hydrogen-bond donors (Lipinski definition) is 1. The first-order chi connectivity index (χ1) is 13.1. The Kier molecular flexibility index (Phi) is 4.77. The summed E-state index contributed by atoms with van der Waals surface area (Å²) in [6, 6.07) is 11.2. The molecule has 0 fully saturated rings. The molecular formula is C20H23N5O2. The fraction of sp³-hybridized carbons (Fsp3) is 0.350. The van der Waals surface area contributed by atoms with E-state index in [0.29, 0.717) is 18.1 Å². The number of rotatable bonds is 4. The van der Waals surface area contributed by atoms with E-state index in [-0.39, 0.29) is 5.91 Å². The van der Waals surface area contributed by atoms with Crippen molar-refractivity contribution in [1.82, 2.24) is 19.8 Å². The number of nitrogens with one attached hydrogen (secondary N) is 1. The third-order valence-corrected chi connectivity index (χ3v) is 4.99. The van der Waals surface area contributed by atoms with Crippen molar-refractivity contribution >= 4 is 11.7 Å². The van der Waals surface area contributed by atoms with Gasteiger partial charge in [-0.05, 0) is 31.9 Å². The molecular weight excluding hydrogens is 342 g/mol. The predicted octanol–water partition coefficient (Wildman–Crippen LogP) is 2.84. The second-order valence-corrected chi connectivity index (χ2v) is 6.94. The van der Waals surface area contributed by atoms with E-state index in [9.17, 15) is 4.79 Å². The minimum atomic E-state index is -0.408. The molecule has 0 spiro atoms. The quantitative estimate of drug-likeness (QED) is 0.769. The lowest BCUT2D eigenvalue weighted by atomic mass is 10.0. The molecule has 1 aliphatic heterocycles. The maximum Gasteiger partial charge on any atom is 0.247 e. The molecule has 0 saturated heterocycles. The third kappa shape index (κ3) is 3.64. The number of anilines is 1. The molecule has 140 valence electrons. The van der Waals surface area contributed by atoms with E-state index < -0.39 is 6.04 Å². The Bertz CT molecular complexity index is 931. The zero-order chi connectivity index (χ0) is 18.8. The van der Waals surface area contributed by atoms with Gasteiger partial charge in [-0.3, -0.25) is 14.4 Å². The van der Waals surface area contributed by atoms with Gasteiger partial charge in [0.1, 0.15) is 11.8 Å². The molecule has 4 rings (SSSR count). The molecule has 1 N–H and O–H groups in total. The third-order valence-electron chi connectivity index (χ3n) is 4.99. The topological polar surface area (TPSA) is 76.2 Å². The van der Waals surface area contributed by atoms with Crippen LogP contribution in [0.2, 0.25) is 0 Å². The van der Waals surface area contributed by atoms with E-state index in [2.05, 4.69) is 20.5 Å². The predicted molar refractivity (Wildman–Crippen MR) is 101 cm³/mol. The molecule has 0 radical (unpaired) electrons. The van der Waals surface area contributed by atoms with E-state index in [4.69, 9.17) is 4.52 Å². The summed E-state index contributed by atoms with van der Waals surface area (Å²) in [6.07, 6.45) is 3.86. The first-order valence-corrected chi connectivity index (χ1v) is 9.15. The van der Waals surface area contributed by atoms with Crippen LogP contribution in [0.15, 0.2) is 47.1 Å². The van der Waals surface area contributed by atoms with E-state index >= 15 is 0 Å². The lowest BCUT2D eigenvalue weighted by molar-refractivity contribution is -0.121. The summed E-state index contributed by atoms with van der Waals surface area (Å²) in [7, 11) is 1.97. The summed E-state index contributed by atoms with van der Waals surface area (Å²) in [5, 5.41) is 11.2. The van der Waals surface area contributed by atoms with Crippen molar-refractivity contribution in [2.75, 3.05) is 11.9 Å². The van der Waals surface area contributed by atoms with Crippen molar-refractivity contribution in [3.05, 3.63) is 65.2 Å². The summed E-state index contributed by atoms with van der Waals surface area (Å²) in [5.41, 5.74) is 3.39. The largest absolute Gasteiger partial charge is 0.360 e. The molecule has 1 aliphatic rings. The van der Waals surface area contributed by atoms with Gasteiger partial charge in [0.2, 0.25) is 5.91 Å². The molecule has 0 aliphatic carbocycles. The standard InChI is InChI=1S/C20H23N5O2/c1-14-11-18(23-27-14)22-20(26)19(15-7-4-3-5-8-15)25-10-6-9-17-16(13-25)12-21-24(17)2/h3-5,7-8,11-12,19H,6,9-10,13H2,1-2H3,(H,22,23,26). The number of fused-ring (bicyclic) bond motifs is 1. The Morgan fingerprint density at radius 3 is 2.85 bits per heavy atom. The van der Waals surface area contributed by atoms with Crippen LogP contribution < -0.4 is 5.32 Å². The van der Waals surface area contributed by atoms with Gasteiger partial charge in [-0.25, -0.2) is 0 Å². The van der Waals surface area contributed by atoms with Gasteiger partial charge in [-0.2, -0.15) is 5.10 Å². The van der Waals surface area contributed by atoms with Crippen molar-refractivity contribution in [3.8, 4) is 0 Å². The molecule has 3 aromatic rings. The molecule has 3 heterocycles. The van der Waals surface area contributed by atoms with Crippen LogP contribution >= 0.6 is 0 Å². The van der Waals surface area contributed by atoms with Gasteiger partial charge in [0, 0.05) is 30.9 Å². The van der Waals surface area contributed by atoms with Crippen molar-refractivity contribution in [2.24, 2.45) is 7.05 Å². The van der Waals surface area contributed by atoms with Gasteiger partial charge in [0.15, 0.2) is 5.82 Å². The van der Waals surface area contributed by atoms with Gasteiger partial charge >= 0.3 is 0 Å². The smallest absolute Gasteiger partial charge is 0.247 e. The Hall–Kier alpha value is -2.93. The summed E-state index contributed by atoms with van der Waals surface area (Å²) < 4.78 is 7.02. The number of carbonyl (C=O) groups is 1. The Labute approximate surface area is 158 Å². The second-order valence-electron chi connectivity index (χ2n) is 6.94. The van der Waals surface area contributed by atoms with Gasteiger partial charge < -0.3 is 9.84 Å². The SMILES string of the molecule is Cc1cc(NC(=O)C(c2ccccc2)N2CCCc3c(cnn3C)C2)no1. The normalized spacial score (nSPS) is 15.8. The molecule has 0 bridgehead atoms. The summed E-state index contributed by atoms with van der Waals surface area (Å²) in [5.74, 6) is 0.994. The minimum Gasteiger partial charge on any atom is -0.360 e. The van der Waals surface area contributed by atoms with Crippen LogP contribution in [0.3, 0.4) is 0 Å². The highest BCUT2D eigenvalue weighted by Crippen LogP contribution is 2.28. The zero-order valence-electron chi connectivity index (χ0n) is 15.6. The summed E-state index contributed by atoms with van der Waals surface area (Å²) in [6.45, 7) is 3.32. The number of aryl methyl sites for hydroxylation is 2. The first kappa shape index (κ1) is 17.5. The molecule has 1 unspecified atom stereocenters. The van der Waals surface area contributed by atoms with Crippen LogP contribution in [0.5, 0.6) is 0 Å². The lowest BCUT2D eigenvalue weighted by Gasteiger charge is -2.29. The average molecular weight is 365 g/mol. The number of nitrogens with zero attached hydrogens (tertiary/aromatic N) is 4. The fourth-order valence-electron chi connectivity index (χ4n) is 3.71. The Morgan fingerprint density at radius 2 is 2.11 bits per heavy atom. The van der Waals surface area contributed by atoms with Gasteiger partial charge in [0.25, 0.3) is 0 Å². The van der Waals surface area contributed by atoms with Crippen LogP contribution in [0.1, 0.15) is 35.0 Å². The molecule has 1 amide bonds. The average Bonchev–Trinajstić information content (AvgIpc) is 3.14. The second kappa shape index (κ2) is 7.36. The van der Waals surface area contributed by atoms with Gasteiger partial charge in [0.05, 0.1) is 6.20 Å². The monoisotopic (exact) mass is 365 g/mol. The van der Waals surface area contributed by atoms with Gasteiger partial charge in [-0.15, -0.1) is 0 Å². The van der Waals surface area contributed by atoms with Gasteiger partial charge in [-0.1, -0.05) is 35.5 Å². The van der Waals surface area contributed by atoms with Crippen LogP contribution in [0, 0.1) is 6.92 Å². The van der Waals surface area contributed by atoms with Crippen molar-refractivity contribution in [1.29, 1.82) is 0 Å². The molecule has 2 aromatic heterocycles. The maximum atomic E-state index is 13.2. The van der Waals surface area contributed by atoms with E-state index in [1.54, 1.807) is 13.0 Å². The maximum absolute atomic E-state index is 13.2. The number of benzene rings is 1. The summed E-state index contributed by atoms with van der Waals surface area (Å²) in [4.78, 5) is 15.4. The van der Waals surface area contributed by atoms with Crippen LogP contribution in [-0.4, -0.2) is 32.3 Å². The van der Waals surface area contributed by atoms with Crippen LogP contribution in [0.25, 0.3) is 0 Å². The Morgan fingerprint density at radius 1 is 1.30 bits per heavy atom. The summed E-state index contributed by atoms with van der Waals surface area (Å²) >= 11 is 0. The highest BCUT2D eigenvalue weighted by molar-refractivity contribution is 5.94. The molecule has 7 nitrogen and oxygen atoms in total. The van der Waals surface area contributed by atoms with Crippen molar-refractivity contribution in [3.63, 3.8) is 0 Å². The zero-order valence-corrected chi connectivity index (χ0v) is 15.6. The molecule has 1 atom stereocenters. The van der Waals surface area contributed by atoms with Crippen molar-refractivity contribution in [2.45, 2.75) is 32.4 Å². The molecule has 0 saturated carbocycles. The number of aromatic nitrogens is 3. The molecule has 7 heteroatoms. The van der Waals surface area contributed by atoms with Crippen LogP contribution in [-0.2, 0) is 24.8 Å².